The van der Waals surface area contributed by atoms with Crippen molar-refractivity contribution in [2.45, 2.75) is 18.9 Å². The Hall–Kier alpha value is -2.60. The van der Waals surface area contributed by atoms with Gasteiger partial charge in [-0.15, -0.1) is 0 Å². The molecule has 118 valence electrons. The molecule has 2 N–H and O–H groups in total. The zero-order chi connectivity index (χ0) is 15.6. The largest absolute Gasteiger partial charge is 0.478 e. The molecule has 6 nitrogen and oxygen atoms in total. The van der Waals surface area contributed by atoms with Gasteiger partial charge in [-0.2, -0.15) is 4.98 Å². The van der Waals surface area contributed by atoms with Crippen molar-refractivity contribution in [1.29, 1.82) is 0 Å². The number of hydrogen-bond acceptors (Lipinski definition) is 5. The Kier molecular flexibility index (Phi) is 3.59. The highest BCUT2D eigenvalue weighted by molar-refractivity contribution is 5.62. The number of benzene rings is 1. The molecule has 23 heavy (non-hydrogen) atoms. The van der Waals surface area contributed by atoms with Gasteiger partial charge in [-0.3, -0.25) is 9.72 Å². The number of imidazole rings is 1. The van der Waals surface area contributed by atoms with Crippen LogP contribution in [0.15, 0.2) is 42.7 Å². The summed E-state index contributed by atoms with van der Waals surface area (Å²) in [6.45, 7) is 0.494. The fourth-order valence-corrected chi connectivity index (χ4v) is 2.41. The lowest BCUT2D eigenvalue weighted by Gasteiger charge is -2.05. The number of hydrogen-bond donors (Lipinski definition) is 2. The summed E-state index contributed by atoms with van der Waals surface area (Å²) in [5, 5.41) is 6.35. The minimum Gasteiger partial charge on any atom is -0.478 e. The molecular formula is C17H19N5O. The van der Waals surface area contributed by atoms with Crippen LogP contribution in [0.2, 0.25) is 0 Å². The highest BCUT2D eigenvalue weighted by Crippen LogP contribution is 2.25. The van der Waals surface area contributed by atoms with Gasteiger partial charge < -0.3 is 10.1 Å². The van der Waals surface area contributed by atoms with E-state index in [0.717, 1.165) is 22.8 Å². The monoisotopic (exact) mass is 309 g/mol. The number of nitrogens with zero attached hydrogens (tertiary/aromatic N) is 3. The van der Waals surface area contributed by atoms with Crippen LogP contribution in [0.5, 0.6) is 5.75 Å². The second-order valence-corrected chi connectivity index (χ2v) is 5.73. The van der Waals surface area contributed by atoms with Gasteiger partial charge >= 0.3 is 0 Å². The van der Waals surface area contributed by atoms with E-state index in [0.29, 0.717) is 18.6 Å². The van der Waals surface area contributed by atoms with E-state index in [-0.39, 0.29) is 0 Å². The Balaban J connectivity index is 1.57. The van der Waals surface area contributed by atoms with Crippen molar-refractivity contribution >= 4 is 11.6 Å². The van der Waals surface area contributed by atoms with Gasteiger partial charge in [0, 0.05) is 24.0 Å². The van der Waals surface area contributed by atoms with E-state index < -0.39 is 0 Å². The summed E-state index contributed by atoms with van der Waals surface area (Å²) in [7, 11) is 1.85. The van der Waals surface area contributed by atoms with Crippen LogP contribution in [-0.4, -0.2) is 34.2 Å². The molecule has 1 saturated carbocycles. The van der Waals surface area contributed by atoms with E-state index >= 15 is 0 Å². The van der Waals surface area contributed by atoms with Gasteiger partial charge in [0.15, 0.2) is 0 Å². The Morgan fingerprint density at radius 2 is 2.00 bits per heavy atom. The molecule has 6 heteroatoms. The molecule has 4 rings (SSSR count). The van der Waals surface area contributed by atoms with Gasteiger partial charge in [0.1, 0.15) is 18.3 Å². The standard InChI is InChI=1S/C17H19N5O/c1-18-11-23-14-6-2-12(3-7-14)15-10-22-9-8-16(19-13-4-5-13)21-17(22)20-15/h2-3,6-10,13,18H,4-5,11H2,1H3,(H,19,20,21). The quantitative estimate of drug-likeness (QED) is 0.685. The second kappa shape index (κ2) is 5.89. The van der Waals surface area contributed by atoms with Gasteiger partial charge in [0.05, 0.1) is 5.69 Å². The highest BCUT2D eigenvalue weighted by atomic mass is 16.5. The Morgan fingerprint density at radius 1 is 1.17 bits per heavy atom. The Bertz CT molecular complexity index is 807. The molecule has 1 fully saturated rings. The lowest BCUT2D eigenvalue weighted by molar-refractivity contribution is 0.296. The topological polar surface area (TPSA) is 63.5 Å². The summed E-state index contributed by atoms with van der Waals surface area (Å²) < 4.78 is 7.45. The molecule has 1 aliphatic carbocycles. The van der Waals surface area contributed by atoms with Gasteiger partial charge in [-0.05, 0) is 50.2 Å². The fraction of sp³-hybridized carbons (Fsp3) is 0.294. The SMILES string of the molecule is CNCOc1ccc(-c2cn3ccc(NC4CC4)nc3n2)cc1. The average molecular weight is 309 g/mol. The van der Waals surface area contributed by atoms with Crippen LogP contribution in [0.25, 0.3) is 17.0 Å². The van der Waals surface area contributed by atoms with E-state index in [4.69, 9.17) is 4.74 Å². The molecule has 2 heterocycles. The maximum Gasteiger partial charge on any atom is 0.236 e. The first-order valence-electron chi connectivity index (χ1n) is 7.82. The van der Waals surface area contributed by atoms with Crippen LogP contribution < -0.4 is 15.4 Å². The molecule has 0 radical (unpaired) electrons. The number of rotatable bonds is 6. The maximum atomic E-state index is 5.51. The highest BCUT2D eigenvalue weighted by Gasteiger charge is 2.21. The molecule has 3 aromatic rings. The average Bonchev–Trinajstić information content (AvgIpc) is 3.29. The first-order valence-corrected chi connectivity index (χ1v) is 7.82. The summed E-state index contributed by atoms with van der Waals surface area (Å²) in [5.41, 5.74) is 1.95. The normalized spacial score (nSPS) is 14.1. The number of fused-ring (bicyclic) bond motifs is 1. The van der Waals surface area contributed by atoms with Crippen LogP contribution in [0.3, 0.4) is 0 Å². The summed E-state index contributed by atoms with van der Waals surface area (Å²) >= 11 is 0. The maximum absolute atomic E-state index is 5.51. The van der Waals surface area contributed by atoms with E-state index in [1.807, 2.05) is 54.2 Å². The number of aromatic nitrogens is 3. The first kappa shape index (κ1) is 14.0. The second-order valence-electron chi connectivity index (χ2n) is 5.73. The van der Waals surface area contributed by atoms with Gasteiger partial charge in [-0.1, -0.05) is 0 Å². The Labute approximate surface area is 134 Å². The molecule has 1 aliphatic rings. The third-order valence-electron chi connectivity index (χ3n) is 3.79. The van der Waals surface area contributed by atoms with E-state index in [1.54, 1.807) is 0 Å². The van der Waals surface area contributed by atoms with Gasteiger partial charge in [0.2, 0.25) is 5.78 Å². The molecular weight excluding hydrogens is 290 g/mol. The summed E-state index contributed by atoms with van der Waals surface area (Å²) in [4.78, 5) is 9.19. The third-order valence-corrected chi connectivity index (χ3v) is 3.79. The molecule has 0 aliphatic heterocycles. The van der Waals surface area contributed by atoms with Gasteiger partial charge in [-0.25, -0.2) is 4.98 Å². The number of anilines is 1. The van der Waals surface area contributed by atoms with E-state index in [9.17, 15) is 0 Å². The molecule has 0 spiro atoms. The lowest BCUT2D eigenvalue weighted by atomic mass is 10.2. The predicted octanol–water partition coefficient (Wildman–Crippen LogP) is 2.53. The van der Waals surface area contributed by atoms with Crippen molar-refractivity contribution in [1.82, 2.24) is 19.7 Å². The van der Waals surface area contributed by atoms with E-state index in [1.165, 1.54) is 12.8 Å². The number of nitrogens with one attached hydrogen (secondary N) is 2. The van der Waals surface area contributed by atoms with Crippen molar-refractivity contribution in [3.05, 3.63) is 42.7 Å². The minimum absolute atomic E-state index is 0.494. The van der Waals surface area contributed by atoms with Crippen molar-refractivity contribution < 1.29 is 4.74 Å². The smallest absolute Gasteiger partial charge is 0.236 e. The fourth-order valence-electron chi connectivity index (χ4n) is 2.41. The lowest BCUT2D eigenvalue weighted by Crippen LogP contribution is -2.13. The van der Waals surface area contributed by atoms with Crippen molar-refractivity contribution in [2.75, 3.05) is 19.1 Å². The zero-order valence-electron chi connectivity index (χ0n) is 13.0. The summed E-state index contributed by atoms with van der Waals surface area (Å²) in [5.74, 6) is 2.44. The first-order chi connectivity index (χ1) is 11.3. The molecule has 0 saturated heterocycles. The molecule has 2 aromatic heterocycles. The van der Waals surface area contributed by atoms with E-state index in [2.05, 4.69) is 20.6 Å². The van der Waals surface area contributed by atoms with Crippen LogP contribution in [0.4, 0.5) is 5.82 Å². The zero-order valence-corrected chi connectivity index (χ0v) is 13.0. The third kappa shape index (κ3) is 3.12. The van der Waals surface area contributed by atoms with Crippen LogP contribution in [-0.2, 0) is 0 Å². The van der Waals surface area contributed by atoms with Crippen molar-refractivity contribution in [3.8, 4) is 17.0 Å². The molecule has 0 unspecified atom stereocenters. The van der Waals surface area contributed by atoms with Crippen molar-refractivity contribution in [2.24, 2.45) is 0 Å². The van der Waals surface area contributed by atoms with Crippen LogP contribution in [0.1, 0.15) is 12.8 Å². The summed E-state index contributed by atoms with van der Waals surface area (Å²) in [6.07, 6.45) is 6.45. The van der Waals surface area contributed by atoms with Crippen LogP contribution in [0, 0.1) is 0 Å². The summed E-state index contributed by atoms with van der Waals surface area (Å²) in [6, 6.07) is 10.5. The molecule has 0 bridgehead atoms. The predicted molar refractivity (Wildman–Crippen MR) is 89.6 cm³/mol. The van der Waals surface area contributed by atoms with Gasteiger partial charge in [0.25, 0.3) is 0 Å². The molecule has 0 atom stereocenters. The Morgan fingerprint density at radius 3 is 2.74 bits per heavy atom. The van der Waals surface area contributed by atoms with Crippen molar-refractivity contribution in [3.63, 3.8) is 0 Å². The minimum atomic E-state index is 0.494. The molecule has 0 amide bonds. The molecule has 1 aromatic carbocycles. The number of ether oxygens (including phenoxy) is 1. The van der Waals surface area contributed by atoms with Crippen LogP contribution >= 0.6 is 0 Å².